The van der Waals surface area contributed by atoms with Crippen LogP contribution in [0.25, 0.3) is 4.98 Å². The maximum Gasteiger partial charge on any atom is 0.387 e. The van der Waals surface area contributed by atoms with Crippen LogP contribution in [0.15, 0.2) is 6.07 Å². The highest BCUT2D eigenvalue weighted by Crippen LogP contribution is 2.42. The molecule has 0 heterocycles. The van der Waals surface area contributed by atoms with Gasteiger partial charge in [0.2, 0.25) is 5.39 Å². The second-order valence-electron chi connectivity index (χ2n) is 2.85. The van der Waals surface area contributed by atoms with Crippen molar-refractivity contribution in [2.75, 3.05) is 0 Å². The Balaban J connectivity index is 3.74. The average Bonchev–Trinajstić information content (AvgIpc) is 2.16. The van der Waals surface area contributed by atoms with E-state index in [1.165, 1.54) is 6.92 Å². The lowest BCUT2D eigenvalue weighted by Gasteiger charge is -2.04. The van der Waals surface area contributed by atoms with Crippen molar-refractivity contribution >= 4 is 17.1 Å². The molecule has 0 aliphatic carbocycles. The molecule has 0 aliphatic rings. The normalized spacial score (nSPS) is 9.50. The van der Waals surface area contributed by atoms with Crippen molar-refractivity contribution in [3.05, 3.63) is 36.8 Å². The van der Waals surface area contributed by atoms with E-state index < -0.39 is 32.7 Å². The highest BCUT2D eigenvalue weighted by atomic mass is 16.6. The van der Waals surface area contributed by atoms with Gasteiger partial charge in [-0.3, -0.25) is 20.2 Å². The van der Waals surface area contributed by atoms with E-state index in [-0.39, 0.29) is 5.56 Å². The fourth-order valence-corrected chi connectivity index (χ4v) is 1.19. The summed E-state index contributed by atoms with van der Waals surface area (Å²) in [5.74, 6) is -1.28. The summed E-state index contributed by atoms with van der Waals surface area (Å²) >= 11 is 0. The minimum Gasteiger partial charge on any atom is -0.862 e. The van der Waals surface area contributed by atoms with E-state index in [1.54, 1.807) is 0 Å². The zero-order valence-electron chi connectivity index (χ0n) is 7.91. The summed E-state index contributed by atoms with van der Waals surface area (Å²) in [6.07, 6.45) is 0. The van der Waals surface area contributed by atoms with Crippen LogP contribution < -0.4 is 5.11 Å². The van der Waals surface area contributed by atoms with Crippen molar-refractivity contribution in [2.45, 2.75) is 6.92 Å². The predicted octanol–water partition coefficient (Wildman–Crippen LogP) is 1.37. The molecule has 0 aromatic heterocycles. The van der Waals surface area contributed by atoms with Gasteiger partial charge < -0.3 is 5.11 Å². The minimum absolute atomic E-state index is 0.00944. The lowest BCUT2D eigenvalue weighted by Crippen LogP contribution is -2.03. The quantitative estimate of drug-likeness (QED) is 0.422. The van der Waals surface area contributed by atoms with Gasteiger partial charge in [0.05, 0.1) is 21.2 Å². The van der Waals surface area contributed by atoms with E-state index in [2.05, 4.69) is 4.98 Å². The Bertz CT molecular complexity index is 533. The van der Waals surface area contributed by atoms with Crippen LogP contribution in [0.1, 0.15) is 5.56 Å². The van der Waals surface area contributed by atoms with Crippen LogP contribution in [-0.4, -0.2) is 9.85 Å². The Morgan fingerprint density at radius 2 is 1.88 bits per heavy atom. The molecular formula is C7H4N4O5. The summed E-state index contributed by atoms with van der Waals surface area (Å²) in [6.45, 7) is 1.27. The Labute approximate surface area is 87.9 Å². The molecule has 16 heavy (non-hydrogen) atoms. The van der Waals surface area contributed by atoms with E-state index in [9.17, 15) is 25.3 Å². The number of nitrogens with zero attached hydrogens (tertiary/aromatic N) is 4. The molecule has 0 N–H and O–H groups in total. The number of diazo groups is 1. The molecule has 0 bridgehead atoms. The van der Waals surface area contributed by atoms with Gasteiger partial charge in [-0.1, -0.05) is 0 Å². The van der Waals surface area contributed by atoms with Gasteiger partial charge in [0.25, 0.3) is 0 Å². The highest BCUT2D eigenvalue weighted by molar-refractivity contribution is 5.76. The molecule has 0 aliphatic heterocycles. The molecule has 0 spiro atoms. The number of rotatable bonds is 2. The number of hydrogen-bond donors (Lipinski definition) is 0. The van der Waals surface area contributed by atoms with Crippen LogP contribution in [0.4, 0.5) is 17.1 Å². The molecule has 0 atom stereocenters. The van der Waals surface area contributed by atoms with Gasteiger partial charge in [0.15, 0.2) is 4.98 Å². The highest BCUT2D eigenvalue weighted by Gasteiger charge is 2.32. The molecule has 0 saturated heterocycles. The van der Waals surface area contributed by atoms with Crippen molar-refractivity contribution in [3.63, 3.8) is 0 Å². The van der Waals surface area contributed by atoms with E-state index in [0.717, 1.165) is 6.07 Å². The van der Waals surface area contributed by atoms with E-state index >= 15 is 0 Å². The summed E-state index contributed by atoms with van der Waals surface area (Å²) in [6, 6.07) is 0.814. The molecule has 0 unspecified atom stereocenters. The van der Waals surface area contributed by atoms with Gasteiger partial charge in [-0.25, -0.2) is 0 Å². The van der Waals surface area contributed by atoms with Gasteiger partial charge in [-0.15, -0.1) is 0 Å². The fourth-order valence-electron chi connectivity index (χ4n) is 1.19. The second kappa shape index (κ2) is 3.77. The zero-order chi connectivity index (χ0) is 12.5. The third kappa shape index (κ3) is 1.59. The standard InChI is InChI=1S/C7H4N4O5/c1-3-2-4(10(13)14)6(11(15)16)7(12)5(3)9-8/h2H,1H3. The molecule has 0 fully saturated rings. The summed E-state index contributed by atoms with van der Waals surface area (Å²) in [7, 11) is 0. The maximum absolute atomic E-state index is 11.4. The third-order valence-corrected chi connectivity index (χ3v) is 1.88. The van der Waals surface area contributed by atoms with E-state index in [0.29, 0.717) is 0 Å². The Morgan fingerprint density at radius 3 is 2.25 bits per heavy atom. The van der Waals surface area contributed by atoms with Gasteiger partial charge >= 0.3 is 17.1 Å². The molecule has 1 aromatic carbocycles. The summed E-state index contributed by atoms with van der Waals surface area (Å²) in [5, 5.41) is 40.9. The molecule has 1 rings (SSSR count). The second-order valence-corrected chi connectivity index (χ2v) is 2.85. The first-order valence-corrected chi connectivity index (χ1v) is 3.88. The zero-order valence-corrected chi connectivity index (χ0v) is 7.91. The monoisotopic (exact) mass is 224 g/mol. The van der Waals surface area contributed by atoms with Crippen LogP contribution in [0.3, 0.4) is 0 Å². The molecule has 0 saturated carbocycles. The van der Waals surface area contributed by atoms with Crippen LogP contribution in [0.5, 0.6) is 5.75 Å². The molecule has 0 radical (unpaired) electrons. The van der Waals surface area contributed by atoms with Gasteiger partial charge in [-0.2, -0.15) is 0 Å². The van der Waals surface area contributed by atoms with Gasteiger partial charge in [0, 0.05) is 6.07 Å². The van der Waals surface area contributed by atoms with Crippen molar-refractivity contribution in [2.24, 2.45) is 0 Å². The largest absolute Gasteiger partial charge is 0.862 e. The molecular weight excluding hydrogens is 220 g/mol. The van der Waals surface area contributed by atoms with Crippen LogP contribution >= 0.6 is 0 Å². The first kappa shape index (κ1) is 11.3. The number of hydrogen-bond acceptors (Lipinski definition) is 6. The fraction of sp³-hybridized carbons (Fsp3) is 0.143. The molecule has 0 amide bonds. The molecule has 82 valence electrons. The van der Waals surface area contributed by atoms with Crippen molar-refractivity contribution < 1.29 is 15.0 Å². The first-order chi connectivity index (χ1) is 7.40. The van der Waals surface area contributed by atoms with Gasteiger partial charge in [-0.05, 0) is 6.92 Å². The lowest BCUT2D eigenvalue weighted by atomic mass is 10.1. The Morgan fingerprint density at radius 1 is 1.31 bits per heavy atom. The number of nitro groups is 2. The van der Waals surface area contributed by atoms with Crippen molar-refractivity contribution in [1.82, 2.24) is 0 Å². The summed E-state index contributed by atoms with van der Waals surface area (Å²) in [5.41, 5.74) is -2.70. The van der Waals surface area contributed by atoms with Crippen molar-refractivity contribution in [1.29, 1.82) is 5.39 Å². The van der Waals surface area contributed by atoms with Crippen LogP contribution in [-0.2, 0) is 0 Å². The number of nitro benzene ring substituents is 2. The van der Waals surface area contributed by atoms with Gasteiger partial charge in [0.1, 0.15) is 0 Å². The summed E-state index contributed by atoms with van der Waals surface area (Å²) < 4.78 is 0. The lowest BCUT2D eigenvalue weighted by molar-refractivity contribution is -0.429. The first-order valence-electron chi connectivity index (χ1n) is 3.88. The van der Waals surface area contributed by atoms with Crippen LogP contribution in [0, 0.1) is 32.5 Å². The maximum atomic E-state index is 11.4. The number of aryl methyl sites for hydroxylation is 1. The summed E-state index contributed by atoms with van der Waals surface area (Å²) in [4.78, 5) is 21.4. The third-order valence-electron chi connectivity index (χ3n) is 1.88. The smallest absolute Gasteiger partial charge is 0.387 e. The average molecular weight is 224 g/mol. The predicted molar refractivity (Wildman–Crippen MR) is 48.7 cm³/mol. The molecule has 9 heteroatoms. The van der Waals surface area contributed by atoms with E-state index in [1.807, 2.05) is 0 Å². The Hall–Kier alpha value is -2.76. The Kier molecular flexibility index (Phi) is 2.67. The molecule has 1 aromatic rings. The van der Waals surface area contributed by atoms with E-state index in [4.69, 9.17) is 5.39 Å². The number of benzene rings is 1. The SMILES string of the molecule is Cc1cc([N+](=O)[O-])c([N+](=O)[O-])c([O-])c1[N+]#N. The van der Waals surface area contributed by atoms with Crippen LogP contribution in [0.2, 0.25) is 0 Å². The topological polar surface area (TPSA) is 137 Å². The molecule has 9 nitrogen and oxygen atoms in total. The minimum atomic E-state index is -1.28. The van der Waals surface area contributed by atoms with Crippen molar-refractivity contribution in [3.8, 4) is 5.75 Å².